The number of ether oxygens (including phenoxy) is 2. The molecule has 7 heteroatoms. The molecule has 1 aliphatic heterocycles. The largest absolute Gasteiger partial charge is 0.466 e. The number of esters is 1. The molecule has 1 aliphatic rings. The molecule has 2 aromatic carbocycles. The van der Waals surface area contributed by atoms with Gasteiger partial charge in [-0.15, -0.1) is 0 Å². The summed E-state index contributed by atoms with van der Waals surface area (Å²) in [5, 5.41) is 2.72. The molecule has 0 bridgehead atoms. The molecular weight excluding hydrogens is 372 g/mol. The van der Waals surface area contributed by atoms with Crippen molar-refractivity contribution >= 4 is 23.5 Å². The summed E-state index contributed by atoms with van der Waals surface area (Å²) in [7, 11) is 1.57. The quantitative estimate of drug-likeness (QED) is 0.574. The van der Waals surface area contributed by atoms with Crippen LogP contribution in [0, 0.1) is 0 Å². The van der Waals surface area contributed by atoms with Crippen molar-refractivity contribution in [2.75, 3.05) is 31.8 Å². The third-order valence-corrected chi connectivity index (χ3v) is 4.70. The first kappa shape index (κ1) is 20.5. The zero-order valence-electron chi connectivity index (χ0n) is 16.5. The summed E-state index contributed by atoms with van der Waals surface area (Å²) in [5.41, 5.74) is 3.19. The molecule has 0 spiro atoms. The third-order valence-electron chi connectivity index (χ3n) is 4.70. The minimum atomic E-state index is -0.919. The van der Waals surface area contributed by atoms with Gasteiger partial charge in [-0.25, -0.2) is 0 Å². The molecule has 2 amide bonds. The molecule has 0 radical (unpaired) electrons. The van der Waals surface area contributed by atoms with Gasteiger partial charge >= 0.3 is 5.97 Å². The van der Waals surface area contributed by atoms with Crippen LogP contribution in [0.1, 0.15) is 24.9 Å². The monoisotopic (exact) mass is 396 g/mol. The molecule has 2 aromatic rings. The number of benzene rings is 2. The van der Waals surface area contributed by atoms with Gasteiger partial charge in [0.15, 0.2) is 0 Å². The summed E-state index contributed by atoms with van der Waals surface area (Å²) in [6.07, 6.45) is -0.440. The molecular formula is C22H24N2O5. The van der Waals surface area contributed by atoms with Gasteiger partial charge < -0.3 is 19.7 Å². The highest BCUT2D eigenvalue weighted by atomic mass is 16.5. The molecule has 29 heavy (non-hydrogen) atoms. The van der Waals surface area contributed by atoms with E-state index in [-0.39, 0.29) is 12.5 Å². The van der Waals surface area contributed by atoms with E-state index in [9.17, 15) is 14.4 Å². The normalized spacial score (nSPS) is 15.2. The summed E-state index contributed by atoms with van der Waals surface area (Å²) in [6.45, 7) is 2.55. The Morgan fingerprint density at radius 1 is 1.07 bits per heavy atom. The lowest BCUT2D eigenvalue weighted by Crippen LogP contribution is -2.44. The van der Waals surface area contributed by atoms with Gasteiger partial charge in [0, 0.05) is 19.2 Å². The number of carbonyl (C=O) groups is 3. The molecule has 0 saturated carbocycles. The fraction of sp³-hybridized carbons (Fsp3) is 0.318. The standard InChI is InChI=1S/C22H24N2O5/c1-3-29-20(26)14-19(25)23-21-17-10-5-4-8-15(17)16-9-6-7-11-18(16)24(22(21)27)12-13-28-2/h4-11,21H,3,12-14H2,1-2H3,(H,23,25)/t21-/m0/s1. The van der Waals surface area contributed by atoms with Crippen LogP contribution in [-0.2, 0) is 23.9 Å². The number of hydrogen-bond acceptors (Lipinski definition) is 5. The zero-order chi connectivity index (χ0) is 20.8. The van der Waals surface area contributed by atoms with Gasteiger partial charge in [0.25, 0.3) is 5.91 Å². The van der Waals surface area contributed by atoms with Crippen LogP contribution < -0.4 is 10.2 Å². The third kappa shape index (κ3) is 4.46. The molecule has 7 nitrogen and oxygen atoms in total. The van der Waals surface area contributed by atoms with Crippen molar-refractivity contribution in [2.45, 2.75) is 19.4 Å². The minimum absolute atomic E-state index is 0.192. The van der Waals surface area contributed by atoms with E-state index in [0.29, 0.717) is 18.7 Å². The van der Waals surface area contributed by atoms with Crippen molar-refractivity contribution in [3.63, 3.8) is 0 Å². The number of nitrogens with one attached hydrogen (secondary N) is 1. The Kier molecular flexibility index (Phi) is 6.61. The summed E-state index contributed by atoms with van der Waals surface area (Å²) in [5.74, 6) is -1.47. The fourth-order valence-electron chi connectivity index (χ4n) is 3.45. The second-order valence-electron chi connectivity index (χ2n) is 6.57. The van der Waals surface area contributed by atoms with Crippen LogP contribution in [0.4, 0.5) is 5.69 Å². The Morgan fingerprint density at radius 3 is 2.48 bits per heavy atom. The van der Waals surface area contributed by atoms with Crippen molar-refractivity contribution in [3.05, 3.63) is 54.1 Å². The second kappa shape index (κ2) is 9.34. The molecule has 0 unspecified atom stereocenters. The van der Waals surface area contributed by atoms with E-state index in [0.717, 1.165) is 16.8 Å². The van der Waals surface area contributed by atoms with E-state index in [2.05, 4.69) is 5.32 Å². The summed E-state index contributed by atoms with van der Waals surface area (Å²) in [6, 6.07) is 14.1. The van der Waals surface area contributed by atoms with Gasteiger partial charge in [-0.05, 0) is 24.1 Å². The predicted octanol–water partition coefficient (Wildman–Crippen LogP) is 2.46. The fourth-order valence-corrected chi connectivity index (χ4v) is 3.45. The number of hydrogen-bond donors (Lipinski definition) is 1. The zero-order valence-corrected chi connectivity index (χ0v) is 16.5. The second-order valence-corrected chi connectivity index (χ2v) is 6.57. The maximum Gasteiger partial charge on any atom is 0.315 e. The number of methoxy groups -OCH3 is 1. The van der Waals surface area contributed by atoms with Crippen LogP contribution in [0.25, 0.3) is 11.1 Å². The van der Waals surface area contributed by atoms with Gasteiger partial charge in [0.1, 0.15) is 12.5 Å². The first-order valence-electron chi connectivity index (χ1n) is 9.50. The molecule has 1 atom stereocenters. The van der Waals surface area contributed by atoms with Crippen LogP contribution in [0.3, 0.4) is 0 Å². The van der Waals surface area contributed by atoms with Gasteiger partial charge in [-0.1, -0.05) is 42.5 Å². The molecule has 1 N–H and O–H groups in total. The van der Waals surface area contributed by atoms with Crippen LogP contribution >= 0.6 is 0 Å². The number of amides is 2. The highest BCUT2D eigenvalue weighted by molar-refractivity contribution is 6.07. The maximum atomic E-state index is 13.5. The lowest BCUT2D eigenvalue weighted by Gasteiger charge is -2.26. The van der Waals surface area contributed by atoms with Crippen molar-refractivity contribution < 1.29 is 23.9 Å². The summed E-state index contributed by atoms with van der Waals surface area (Å²) in [4.78, 5) is 39.2. The average Bonchev–Trinajstić information content (AvgIpc) is 2.81. The Labute approximate surface area is 169 Å². The van der Waals surface area contributed by atoms with Gasteiger partial charge in [0.2, 0.25) is 5.91 Å². The smallest absolute Gasteiger partial charge is 0.315 e. The van der Waals surface area contributed by atoms with Crippen molar-refractivity contribution in [2.24, 2.45) is 0 Å². The molecule has 0 aliphatic carbocycles. The number of para-hydroxylation sites is 1. The van der Waals surface area contributed by atoms with Crippen molar-refractivity contribution in [1.82, 2.24) is 5.32 Å². The molecule has 0 fully saturated rings. The van der Waals surface area contributed by atoms with E-state index < -0.39 is 24.3 Å². The molecule has 0 saturated heterocycles. The van der Waals surface area contributed by atoms with Crippen LogP contribution in [0.5, 0.6) is 0 Å². The number of carbonyl (C=O) groups excluding carboxylic acids is 3. The number of fused-ring (bicyclic) bond motifs is 3. The van der Waals surface area contributed by atoms with Gasteiger partial charge in [-0.2, -0.15) is 0 Å². The van der Waals surface area contributed by atoms with Crippen LogP contribution in [-0.4, -0.2) is 44.7 Å². The van der Waals surface area contributed by atoms with E-state index >= 15 is 0 Å². The topological polar surface area (TPSA) is 84.9 Å². The molecule has 0 aromatic heterocycles. The number of rotatable bonds is 7. The Balaban J connectivity index is 2.01. The Hall–Kier alpha value is -3.19. The van der Waals surface area contributed by atoms with E-state index in [1.807, 2.05) is 48.5 Å². The van der Waals surface area contributed by atoms with Gasteiger partial charge in [0.05, 0.1) is 18.9 Å². The Morgan fingerprint density at radius 2 is 1.76 bits per heavy atom. The molecule has 1 heterocycles. The number of anilines is 1. The minimum Gasteiger partial charge on any atom is -0.466 e. The predicted molar refractivity (Wildman–Crippen MR) is 108 cm³/mol. The maximum absolute atomic E-state index is 13.5. The summed E-state index contributed by atoms with van der Waals surface area (Å²) >= 11 is 0. The van der Waals surface area contributed by atoms with Crippen LogP contribution in [0.15, 0.2) is 48.5 Å². The van der Waals surface area contributed by atoms with E-state index in [1.165, 1.54) is 0 Å². The average molecular weight is 396 g/mol. The van der Waals surface area contributed by atoms with Gasteiger partial charge in [-0.3, -0.25) is 14.4 Å². The van der Waals surface area contributed by atoms with E-state index in [1.54, 1.807) is 18.9 Å². The lowest BCUT2D eigenvalue weighted by molar-refractivity contribution is -0.146. The van der Waals surface area contributed by atoms with E-state index in [4.69, 9.17) is 9.47 Å². The van der Waals surface area contributed by atoms with Crippen LogP contribution in [0.2, 0.25) is 0 Å². The lowest BCUT2D eigenvalue weighted by atomic mass is 9.95. The van der Waals surface area contributed by atoms with Crippen molar-refractivity contribution in [1.29, 1.82) is 0 Å². The first-order chi connectivity index (χ1) is 14.1. The number of nitrogens with zero attached hydrogens (tertiary/aromatic N) is 1. The highest BCUT2D eigenvalue weighted by Gasteiger charge is 2.34. The first-order valence-corrected chi connectivity index (χ1v) is 9.50. The Bertz CT molecular complexity index is 912. The molecule has 3 rings (SSSR count). The van der Waals surface area contributed by atoms with Crippen molar-refractivity contribution in [3.8, 4) is 11.1 Å². The summed E-state index contributed by atoms with van der Waals surface area (Å²) < 4.78 is 10.0. The highest BCUT2D eigenvalue weighted by Crippen LogP contribution is 2.40. The SMILES string of the molecule is CCOC(=O)CC(=O)N[C@@H]1C(=O)N(CCOC)c2ccccc2-c2ccccc21. The molecule has 152 valence electrons.